The zero-order valence-corrected chi connectivity index (χ0v) is 22.3. The van der Waals surface area contributed by atoms with E-state index in [9.17, 15) is 18.3 Å². The highest BCUT2D eigenvalue weighted by atomic mass is 35.5. The van der Waals surface area contributed by atoms with Crippen LogP contribution >= 0.6 is 12.4 Å². The number of benzene rings is 1. The number of aliphatic hydroxyl groups is 1. The molecular weight excluding hydrogens is 494 g/mol. The number of hydrogen-bond acceptors (Lipinski definition) is 7. The van der Waals surface area contributed by atoms with Crippen molar-refractivity contribution in [3.05, 3.63) is 29.8 Å². The highest BCUT2D eigenvalue weighted by Gasteiger charge is 2.54. The summed E-state index contributed by atoms with van der Waals surface area (Å²) in [4.78, 5) is 13.1. The fraction of sp³-hybridized carbons (Fsp3) is 0.708. The first-order valence-corrected chi connectivity index (χ1v) is 13.7. The average molecular weight is 534 g/mol. The lowest BCUT2D eigenvalue weighted by atomic mass is 9.90. The van der Waals surface area contributed by atoms with E-state index in [1.807, 2.05) is 12.1 Å². The smallest absolute Gasteiger partial charge is 0.243 e. The van der Waals surface area contributed by atoms with Crippen LogP contribution < -0.4 is 15.4 Å². The van der Waals surface area contributed by atoms with E-state index in [-0.39, 0.29) is 37.7 Å². The molecule has 2 aliphatic rings. The largest absolute Gasteiger partial charge is 0.494 e. The third kappa shape index (κ3) is 7.08. The Bertz CT molecular complexity index is 885. The molecule has 1 amide bonds. The highest BCUT2D eigenvalue weighted by Crippen LogP contribution is 2.36. The van der Waals surface area contributed by atoms with Crippen LogP contribution in [0, 0.1) is 0 Å². The summed E-state index contributed by atoms with van der Waals surface area (Å²) in [5.74, 6) is 0.561. The summed E-state index contributed by atoms with van der Waals surface area (Å²) in [6.45, 7) is 4.34. The van der Waals surface area contributed by atoms with Crippen molar-refractivity contribution in [2.45, 2.75) is 62.4 Å². The van der Waals surface area contributed by atoms with Crippen LogP contribution in [0.3, 0.4) is 0 Å². The van der Waals surface area contributed by atoms with Gasteiger partial charge in [-0.1, -0.05) is 25.5 Å². The number of halogens is 1. The minimum Gasteiger partial charge on any atom is -0.494 e. The number of methoxy groups -OCH3 is 1. The zero-order chi connectivity index (χ0) is 24.6. The van der Waals surface area contributed by atoms with Crippen molar-refractivity contribution < 1.29 is 27.8 Å². The van der Waals surface area contributed by atoms with Crippen molar-refractivity contribution in [3.8, 4) is 5.75 Å². The standard InChI is InChI=1S/C24H39N3O6S.ClH/c1-3-4-17-33-21-7-5-19(6-8-21)20-9-15-27(16-10-20)34(30,31)24(11-13-25-14-12-24)23(29)26-18-22(28)32-2;/h5-8,20,22,25,28H,3-4,9-18H2,1-2H3,(H,26,29);1H. The van der Waals surface area contributed by atoms with E-state index in [1.165, 1.54) is 17.0 Å². The second-order valence-corrected chi connectivity index (χ2v) is 11.3. The van der Waals surface area contributed by atoms with Crippen LogP contribution in [0.1, 0.15) is 56.9 Å². The molecule has 35 heavy (non-hydrogen) atoms. The van der Waals surface area contributed by atoms with E-state index < -0.39 is 27.0 Å². The minimum atomic E-state index is -3.89. The van der Waals surface area contributed by atoms with Gasteiger partial charge in [0.25, 0.3) is 0 Å². The molecule has 3 rings (SSSR count). The predicted molar refractivity (Wildman–Crippen MR) is 137 cm³/mol. The van der Waals surface area contributed by atoms with Gasteiger partial charge in [0.15, 0.2) is 11.0 Å². The molecule has 0 aromatic heterocycles. The molecule has 200 valence electrons. The number of hydrogen-bond donors (Lipinski definition) is 3. The van der Waals surface area contributed by atoms with Crippen molar-refractivity contribution in [3.63, 3.8) is 0 Å². The summed E-state index contributed by atoms with van der Waals surface area (Å²) in [7, 11) is -2.56. The Balaban J connectivity index is 0.00000432. The van der Waals surface area contributed by atoms with Crippen molar-refractivity contribution in [2.24, 2.45) is 0 Å². The third-order valence-corrected chi connectivity index (χ3v) is 9.57. The molecule has 2 heterocycles. The number of rotatable bonds is 11. The molecule has 2 saturated heterocycles. The molecule has 0 bridgehead atoms. The highest BCUT2D eigenvalue weighted by molar-refractivity contribution is 7.91. The fourth-order valence-corrected chi connectivity index (χ4v) is 6.92. The second kappa shape index (κ2) is 13.8. The van der Waals surface area contributed by atoms with Gasteiger partial charge in [-0.05, 0) is 68.8 Å². The summed E-state index contributed by atoms with van der Waals surface area (Å²) in [6.07, 6.45) is 2.74. The van der Waals surface area contributed by atoms with Gasteiger partial charge in [0, 0.05) is 20.2 Å². The minimum absolute atomic E-state index is 0. The van der Waals surface area contributed by atoms with Gasteiger partial charge in [0.05, 0.1) is 13.2 Å². The van der Waals surface area contributed by atoms with E-state index in [2.05, 4.69) is 29.7 Å². The molecule has 2 fully saturated rings. The molecule has 2 aliphatic heterocycles. The van der Waals surface area contributed by atoms with Crippen LogP contribution in [0.25, 0.3) is 0 Å². The lowest BCUT2D eigenvalue weighted by molar-refractivity contribution is -0.128. The number of nitrogens with zero attached hydrogens (tertiary/aromatic N) is 1. The normalized spacial score (nSPS) is 20.0. The van der Waals surface area contributed by atoms with Crippen LogP contribution in [-0.4, -0.2) is 81.2 Å². The molecule has 0 aliphatic carbocycles. The molecule has 1 aromatic carbocycles. The Kier molecular flexibility index (Phi) is 11.7. The Labute approximate surface area is 215 Å². The second-order valence-electron chi connectivity index (χ2n) is 9.09. The monoisotopic (exact) mass is 533 g/mol. The van der Waals surface area contributed by atoms with Crippen molar-refractivity contribution in [1.82, 2.24) is 14.9 Å². The molecule has 1 atom stereocenters. The molecule has 3 N–H and O–H groups in total. The number of aliphatic hydroxyl groups excluding tert-OH is 1. The number of ether oxygens (including phenoxy) is 2. The van der Waals surface area contributed by atoms with Crippen molar-refractivity contribution in [1.29, 1.82) is 0 Å². The SMILES string of the molecule is CCCCOc1ccc(C2CCN(S(=O)(=O)C3(C(=O)NCC(O)OC)CCNCC3)CC2)cc1.Cl. The lowest BCUT2D eigenvalue weighted by Crippen LogP contribution is -2.62. The van der Waals surface area contributed by atoms with Gasteiger partial charge in [-0.2, -0.15) is 0 Å². The molecule has 1 unspecified atom stereocenters. The maximum atomic E-state index is 13.8. The molecule has 11 heteroatoms. The van der Waals surface area contributed by atoms with Gasteiger partial charge in [0.2, 0.25) is 15.9 Å². The van der Waals surface area contributed by atoms with Gasteiger partial charge in [-0.15, -0.1) is 12.4 Å². The first-order valence-electron chi connectivity index (χ1n) is 12.3. The molecule has 0 spiro atoms. The van der Waals surface area contributed by atoms with Gasteiger partial charge in [-0.25, -0.2) is 12.7 Å². The topological polar surface area (TPSA) is 117 Å². The van der Waals surface area contributed by atoms with Crippen molar-refractivity contribution in [2.75, 3.05) is 46.4 Å². The predicted octanol–water partition coefficient (Wildman–Crippen LogP) is 2.00. The summed E-state index contributed by atoms with van der Waals surface area (Å²) < 4.78 is 38.0. The van der Waals surface area contributed by atoms with Gasteiger partial charge >= 0.3 is 0 Å². The number of nitrogens with one attached hydrogen (secondary N) is 2. The Morgan fingerprint density at radius 1 is 1.23 bits per heavy atom. The first kappa shape index (κ1) is 29.8. The van der Waals surface area contributed by atoms with E-state index in [0.717, 1.165) is 18.6 Å². The summed E-state index contributed by atoms with van der Waals surface area (Å²) in [5.41, 5.74) is 1.18. The first-order chi connectivity index (χ1) is 16.3. The van der Waals surface area contributed by atoms with E-state index >= 15 is 0 Å². The molecule has 0 saturated carbocycles. The fourth-order valence-electron chi connectivity index (χ4n) is 4.70. The van der Waals surface area contributed by atoms with Gasteiger partial charge in [-0.3, -0.25) is 4.79 Å². The third-order valence-electron chi connectivity index (χ3n) is 6.94. The number of unbranched alkanes of at least 4 members (excludes halogenated alkanes) is 1. The molecular formula is C24H40ClN3O6S. The Hall–Kier alpha value is -1.43. The van der Waals surface area contributed by atoms with Crippen LogP contribution in [0.5, 0.6) is 5.75 Å². The zero-order valence-electron chi connectivity index (χ0n) is 20.7. The summed E-state index contributed by atoms with van der Waals surface area (Å²) >= 11 is 0. The van der Waals surface area contributed by atoms with Gasteiger partial charge in [0.1, 0.15) is 5.75 Å². The van der Waals surface area contributed by atoms with Crippen LogP contribution in [0.4, 0.5) is 0 Å². The molecule has 9 nitrogen and oxygen atoms in total. The maximum Gasteiger partial charge on any atom is 0.243 e. The summed E-state index contributed by atoms with van der Waals surface area (Å²) in [5, 5.41) is 15.4. The number of sulfonamides is 1. The van der Waals surface area contributed by atoms with Crippen LogP contribution in [0.2, 0.25) is 0 Å². The lowest BCUT2D eigenvalue weighted by Gasteiger charge is -2.41. The quantitative estimate of drug-likeness (QED) is 0.294. The van der Waals surface area contributed by atoms with Crippen LogP contribution in [0.15, 0.2) is 24.3 Å². The van der Waals surface area contributed by atoms with E-state index in [0.29, 0.717) is 45.6 Å². The maximum absolute atomic E-state index is 13.8. The molecule has 1 aromatic rings. The van der Waals surface area contributed by atoms with Crippen molar-refractivity contribution >= 4 is 28.3 Å². The molecule has 0 radical (unpaired) electrons. The Morgan fingerprint density at radius 2 is 1.86 bits per heavy atom. The van der Waals surface area contributed by atoms with Crippen LogP contribution in [-0.2, 0) is 19.6 Å². The van der Waals surface area contributed by atoms with Gasteiger partial charge < -0.3 is 25.2 Å². The van der Waals surface area contributed by atoms with E-state index in [4.69, 9.17) is 9.47 Å². The van der Waals surface area contributed by atoms with E-state index in [1.54, 1.807) is 0 Å². The average Bonchev–Trinajstić information content (AvgIpc) is 2.88. The number of amides is 1. The number of carbonyl (C=O) groups is 1. The summed E-state index contributed by atoms with van der Waals surface area (Å²) in [6, 6.07) is 8.10. The number of piperidine rings is 2. The Morgan fingerprint density at radius 3 is 2.43 bits per heavy atom. The number of carbonyl (C=O) groups excluding carboxylic acids is 1.